The molecule has 3 aliphatic rings. The third-order valence-electron chi connectivity index (χ3n) is 4.59. The minimum absolute atomic E-state index is 0.0585. The molecule has 0 aromatic rings. The van der Waals surface area contributed by atoms with E-state index in [9.17, 15) is 9.59 Å². The number of urea groups is 1. The summed E-state index contributed by atoms with van der Waals surface area (Å²) < 4.78 is 0. The summed E-state index contributed by atoms with van der Waals surface area (Å²) in [5.74, 6) is 0.478. The molecule has 3 amide bonds. The minimum atomic E-state index is -0.436. The van der Waals surface area contributed by atoms with Crippen molar-refractivity contribution in [2.75, 3.05) is 26.7 Å². The highest BCUT2D eigenvalue weighted by molar-refractivity contribution is 6.31. The maximum atomic E-state index is 12.4. The minimum Gasteiger partial charge on any atom is -0.350 e. The molecule has 2 aliphatic carbocycles. The molecule has 1 saturated carbocycles. The largest absolute Gasteiger partial charge is 0.350 e. The maximum absolute atomic E-state index is 12.4. The Morgan fingerprint density at radius 3 is 2.83 bits per heavy atom. The third-order valence-corrected chi connectivity index (χ3v) is 5.29. The molecule has 1 N–H and O–H groups in total. The van der Waals surface area contributed by atoms with Gasteiger partial charge in [-0.3, -0.25) is 4.79 Å². The average Bonchev–Trinajstić information content (AvgIpc) is 3.28. The van der Waals surface area contributed by atoms with Crippen molar-refractivity contribution in [2.45, 2.75) is 30.7 Å². The van der Waals surface area contributed by atoms with Crippen molar-refractivity contribution in [3.05, 3.63) is 22.8 Å². The van der Waals surface area contributed by atoms with Crippen molar-refractivity contribution in [2.24, 2.45) is 5.92 Å². The van der Waals surface area contributed by atoms with Gasteiger partial charge in [0, 0.05) is 31.6 Å². The molecule has 126 valence electrons. The summed E-state index contributed by atoms with van der Waals surface area (Å²) in [6, 6.07) is -0.495. The average molecular weight is 358 g/mol. The van der Waals surface area contributed by atoms with Crippen LogP contribution in [0.4, 0.5) is 4.79 Å². The van der Waals surface area contributed by atoms with Crippen molar-refractivity contribution in [3.8, 4) is 0 Å². The maximum Gasteiger partial charge on any atom is 0.320 e. The smallest absolute Gasteiger partial charge is 0.320 e. The zero-order valence-electron chi connectivity index (χ0n) is 13.1. The summed E-state index contributed by atoms with van der Waals surface area (Å²) in [5.41, 5.74) is 0.874. The third kappa shape index (κ3) is 3.83. The van der Waals surface area contributed by atoms with E-state index in [1.54, 1.807) is 11.9 Å². The van der Waals surface area contributed by atoms with E-state index in [0.29, 0.717) is 30.5 Å². The number of carbonyl (C=O) groups excluding carboxylic acids is 2. The first-order chi connectivity index (χ1) is 11.0. The van der Waals surface area contributed by atoms with Crippen LogP contribution < -0.4 is 5.32 Å². The number of nitrogens with one attached hydrogen (secondary N) is 1. The van der Waals surface area contributed by atoms with Gasteiger partial charge in [0.2, 0.25) is 5.91 Å². The molecule has 1 heterocycles. The van der Waals surface area contributed by atoms with E-state index >= 15 is 0 Å². The predicted octanol–water partition coefficient (Wildman–Crippen LogP) is 2.31. The summed E-state index contributed by atoms with van der Waals surface area (Å²) in [6.07, 6.45) is 6.68. The molecule has 2 atom stereocenters. The normalized spacial score (nSPS) is 27.9. The second-order valence-electron chi connectivity index (χ2n) is 6.48. The standard InChI is InChI=1S/C16H21Cl2N3O2/c1-20-14(9-21(16(20)23)8-10-2-3-10)15(22)19-7-11-4-5-12(17)6-13(11)18/h4-5,10,12,14H,2-3,6-9H2,1H3,(H,19,22). The predicted molar refractivity (Wildman–Crippen MR) is 90.5 cm³/mol. The number of alkyl halides is 1. The van der Waals surface area contributed by atoms with E-state index in [4.69, 9.17) is 23.2 Å². The van der Waals surface area contributed by atoms with Crippen molar-refractivity contribution >= 4 is 35.1 Å². The van der Waals surface area contributed by atoms with Crippen LogP contribution in [0.25, 0.3) is 0 Å². The lowest BCUT2D eigenvalue weighted by atomic mass is 10.1. The Bertz CT molecular complexity index is 572. The van der Waals surface area contributed by atoms with E-state index in [2.05, 4.69) is 5.32 Å². The van der Waals surface area contributed by atoms with Gasteiger partial charge in [-0.25, -0.2) is 4.79 Å². The Hall–Kier alpha value is -1.20. The second-order valence-corrected chi connectivity index (χ2v) is 7.50. The molecule has 2 unspecified atom stereocenters. The number of hydrogen-bond acceptors (Lipinski definition) is 2. The van der Waals surface area contributed by atoms with E-state index in [1.807, 2.05) is 12.2 Å². The summed E-state index contributed by atoms with van der Waals surface area (Å²) in [5, 5.41) is 3.48. The molecular weight excluding hydrogens is 337 g/mol. The molecule has 5 nitrogen and oxygen atoms in total. The summed E-state index contributed by atoms with van der Waals surface area (Å²) in [7, 11) is 1.68. The monoisotopic (exact) mass is 357 g/mol. The van der Waals surface area contributed by atoms with Crippen LogP contribution in [0.5, 0.6) is 0 Å². The molecule has 3 rings (SSSR count). The highest BCUT2D eigenvalue weighted by Gasteiger charge is 2.40. The lowest BCUT2D eigenvalue weighted by Crippen LogP contribution is -2.44. The van der Waals surface area contributed by atoms with Crippen LogP contribution in [0.15, 0.2) is 22.8 Å². The summed E-state index contributed by atoms with van der Waals surface area (Å²) in [4.78, 5) is 27.9. The zero-order valence-corrected chi connectivity index (χ0v) is 14.6. The van der Waals surface area contributed by atoms with Crippen LogP contribution in [0, 0.1) is 5.92 Å². The molecule has 0 aromatic heterocycles. The first-order valence-corrected chi connectivity index (χ1v) is 8.76. The Kier molecular flexibility index (Phi) is 4.87. The van der Waals surface area contributed by atoms with Gasteiger partial charge in [0.1, 0.15) is 6.04 Å². The van der Waals surface area contributed by atoms with Crippen molar-refractivity contribution in [1.29, 1.82) is 0 Å². The number of amides is 3. The molecule has 0 spiro atoms. The highest BCUT2D eigenvalue weighted by atomic mass is 35.5. The molecular formula is C16H21Cl2N3O2. The van der Waals surface area contributed by atoms with Crippen LogP contribution in [0.3, 0.4) is 0 Å². The Balaban J connectivity index is 1.55. The lowest BCUT2D eigenvalue weighted by Gasteiger charge is -2.19. The van der Waals surface area contributed by atoms with Gasteiger partial charge in [0.25, 0.3) is 0 Å². The lowest BCUT2D eigenvalue weighted by molar-refractivity contribution is -0.124. The molecule has 0 bridgehead atoms. The molecule has 2 fully saturated rings. The van der Waals surface area contributed by atoms with Crippen LogP contribution in [-0.2, 0) is 4.79 Å². The first kappa shape index (κ1) is 16.7. The van der Waals surface area contributed by atoms with Gasteiger partial charge in [-0.1, -0.05) is 23.8 Å². The van der Waals surface area contributed by atoms with Gasteiger partial charge >= 0.3 is 6.03 Å². The number of halogens is 2. The molecule has 23 heavy (non-hydrogen) atoms. The number of allylic oxidation sites excluding steroid dienone is 2. The quantitative estimate of drug-likeness (QED) is 0.767. The number of nitrogens with zero attached hydrogens (tertiary/aromatic N) is 2. The number of hydrogen-bond donors (Lipinski definition) is 1. The van der Waals surface area contributed by atoms with Crippen LogP contribution >= 0.6 is 23.2 Å². The Morgan fingerprint density at radius 2 is 2.17 bits per heavy atom. The van der Waals surface area contributed by atoms with E-state index in [-0.39, 0.29) is 17.3 Å². The van der Waals surface area contributed by atoms with Gasteiger partial charge in [-0.2, -0.15) is 0 Å². The van der Waals surface area contributed by atoms with Crippen LogP contribution in [0.2, 0.25) is 0 Å². The number of carbonyl (C=O) groups is 2. The SMILES string of the molecule is CN1C(=O)N(CC2CC2)CC1C(=O)NCC1=C(Cl)CC(Cl)C=C1. The van der Waals surface area contributed by atoms with Gasteiger partial charge in [0.15, 0.2) is 0 Å². The van der Waals surface area contributed by atoms with Crippen LogP contribution in [0.1, 0.15) is 19.3 Å². The fourth-order valence-electron chi connectivity index (χ4n) is 2.93. The van der Waals surface area contributed by atoms with Crippen molar-refractivity contribution < 1.29 is 9.59 Å². The summed E-state index contributed by atoms with van der Waals surface area (Å²) >= 11 is 12.2. The fourth-order valence-corrected chi connectivity index (χ4v) is 3.53. The second kappa shape index (κ2) is 6.73. The molecule has 7 heteroatoms. The van der Waals surface area contributed by atoms with E-state index in [1.165, 1.54) is 17.7 Å². The van der Waals surface area contributed by atoms with E-state index < -0.39 is 6.04 Å². The van der Waals surface area contributed by atoms with Gasteiger partial charge < -0.3 is 15.1 Å². The summed E-state index contributed by atoms with van der Waals surface area (Å²) in [6.45, 7) is 1.59. The molecule has 0 radical (unpaired) electrons. The Morgan fingerprint density at radius 1 is 1.43 bits per heavy atom. The van der Waals surface area contributed by atoms with Gasteiger partial charge in [-0.15, -0.1) is 11.6 Å². The topological polar surface area (TPSA) is 52.7 Å². The van der Waals surface area contributed by atoms with Crippen LogP contribution in [-0.4, -0.2) is 59.8 Å². The first-order valence-electron chi connectivity index (χ1n) is 7.95. The fraction of sp³-hybridized carbons (Fsp3) is 0.625. The van der Waals surface area contributed by atoms with E-state index in [0.717, 1.165) is 12.1 Å². The molecule has 0 aromatic carbocycles. The Labute approximate surface area is 146 Å². The molecule has 1 aliphatic heterocycles. The van der Waals surface area contributed by atoms with Crippen molar-refractivity contribution in [1.82, 2.24) is 15.1 Å². The number of rotatable bonds is 5. The van der Waals surface area contributed by atoms with Crippen molar-refractivity contribution in [3.63, 3.8) is 0 Å². The van der Waals surface area contributed by atoms with Gasteiger partial charge in [-0.05, 0) is 24.3 Å². The highest BCUT2D eigenvalue weighted by Crippen LogP contribution is 2.31. The van der Waals surface area contributed by atoms with Gasteiger partial charge in [0.05, 0.1) is 11.9 Å². The number of likely N-dealkylation sites (N-methyl/N-ethyl adjacent to an activating group) is 1. The zero-order chi connectivity index (χ0) is 16.6. The molecule has 1 saturated heterocycles.